The summed E-state index contributed by atoms with van der Waals surface area (Å²) in [4.78, 5) is 13.5. The normalized spacial score (nSPS) is 19.9. The van der Waals surface area contributed by atoms with Crippen LogP contribution >= 0.6 is 0 Å². The van der Waals surface area contributed by atoms with Crippen LogP contribution in [0.3, 0.4) is 0 Å². The van der Waals surface area contributed by atoms with E-state index in [-0.39, 0.29) is 12.0 Å². The molecule has 1 N–H and O–H groups in total. The van der Waals surface area contributed by atoms with Crippen LogP contribution in [-0.4, -0.2) is 63.4 Å². The van der Waals surface area contributed by atoms with E-state index in [1.165, 1.54) is 0 Å². The molecule has 1 saturated heterocycles. The summed E-state index contributed by atoms with van der Waals surface area (Å²) in [5.41, 5.74) is 0. The monoisotopic (exact) mass is 216 g/mol. The lowest BCUT2D eigenvalue weighted by atomic mass is 10.4. The molecule has 1 heterocycles. The second-order valence-corrected chi connectivity index (χ2v) is 3.76. The number of likely N-dealkylation sites (N-methyl/N-ethyl adjacent to an activating group) is 1. The van der Waals surface area contributed by atoms with E-state index in [0.29, 0.717) is 26.4 Å². The smallest absolute Gasteiger partial charge is 0.320 e. The van der Waals surface area contributed by atoms with Crippen molar-refractivity contribution >= 4 is 5.97 Å². The van der Waals surface area contributed by atoms with Crippen LogP contribution in [0, 0.1) is 0 Å². The molecule has 15 heavy (non-hydrogen) atoms. The number of ether oxygens (including phenoxy) is 2. The Kier molecular flexibility index (Phi) is 5.60. The SMILES string of the molecule is CN[C@H](C)COC(=O)CN1CCOCC1. The van der Waals surface area contributed by atoms with Crippen LogP contribution < -0.4 is 5.32 Å². The molecule has 0 aromatic rings. The van der Waals surface area contributed by atoms with Gasteiger partial charge in [0.25, 0.3) is 0 Å². The first-order valence-electron chi connectivity index (χ1n) is 5.35. The average molecular weight is 216 g/mol. The zero-order valence-corrected chi connectivity index (χ0v) is 9.49. The summed E-state index contributed by atoms with van der Waals surface area (Å²) in [7, 11) is 1.85. The van der Waals surface area contributed by atoms with Crippen LogP contribution in [0.15, 0.2) is 0 Å². The second-order valence-electron chi connectivity index (χ2n) is 3.76. The Hall–Kier alpha value is -0.650. The van der Waals surface area contributed by atoms with E-state index in [1.54, 1.807) is 0 Å². The minimum absolute atomic E-state index is 0.154. The highest BCUT2D eigenvalue weighted by atomic mass is 16.5. The van der Waals surface area contributed by atoms with Crippen LogP contribution in [0.5, 0.6) is 0 Å². The fraction of sp³-hybridized carbons (Fsp3) is 0.900. The van der Waals surface area contributed by atoms with Crippen molar-refractivity contribution in [2.24, 2.45) is 0 Å². The Labute approximate surface area is 90.7 Å². The molecule has 1 atom stereocenters. The highest BCUT2D eigenvalue weighted by molar-refractivity contribution is 5.71. The van der Waals surface area contributed by atoms with E-state index in [9.17, 15) is 4.79 Å². The third-order valence-electron chi connectivity index (χ3n) is 2.44. The molecule has 0 aliphatic carbocycles. The summed E-state index contributed by atoms with van der Waals surface area (Å²) < 4.78 is 10.3. The summed E-state index contributed by atoms with van der Waals surface area (Å²) in [5.74, 6) is -0.154. The molecule has 0 aromatic carbocycles. The molecular weight excluding hydrogens is 196 g/mol. The van der Waals surface area contributed by atoms with Gasteiger partial charge in [0.15, 0.2) is 0 Å². The van der Waals surface area contributed by atoms with Crippen molar-refractivity contribution in [2.45, 2.75) is 13.0 Å². The van der Waals surface area contributed by atoms with Gasteiger partial charge in [-0.25, -0.2) is 0 Å². The number of carbonyl (C=O) groups is 1. The molecule has 5 heteroatoms. The molecule has 1 fully saturated rings. The molecule has 1 aliphatic rings. The van der Waals surface area contributed by atoms with E-state index >= 15 is 0 Å². The number of esters is 1. The molecule has 88 valence electrons. The van der Waals surface area contributed by atoms with E-state index in [4.69, 9.17) is 9.47 Å². The highest BCUT2D eigenvalue weighted by Crippen LogP contribution is 1.97. The number of hydrogen-bond acceptors (Lipinski definition) is 5. The van der Waals surface area contributed by atoms with E-state index < -0.39 is 0 Å². The number of carbonyl (C=O) groups excluding carboxylic acids is 1. The third kappa shape index (κ3) is 5.11. The lowest BCUT2D eigenvalue weighted by molar-refractivity contribution is -0.146. The molecule has 0 spiro atoms. The predicted octanol–water partition coefficient (Wildman–Crippen LogP) is -0.530. The van der Waals surface area contributed by atoms with Gasteiger partial charge >= 0.3 is 5.97 Å². The first-order chi connectivity index (χ1) is 7.22. The van der Waals surface area contributed by atoms with Crippen molar-refractivity contribution in [2.75, 3.05) is 46.5 Å². The number of nitrogens with zero attached hydrogens (tertiary/aromatic N) is 1. The first kappa shape index (κ1) is 12.4. The second kappa shape index (κ2) is 6.76. The van der Waals surface area contributed by atoms with Gasteiger partial charge in [-0.05, 0) is 14.0 Å². The van der Waals surface area contributed by atoms with E-state index in [1.807, 2.05) is 14.0 Å². The molecule has 1 rings (SSSR count). The van der Waals surface area contributed by atoms with Gasteiger partial charge < -0.3 is 14.8 Å². The fourth-order valence-corrected chi connectivity index (χ4v) is 1.29. The molecular formula is C10H20N2O3. The number of nitrogens with one attached hydrogen (secondary N) is 1. The van der Waals surface area contributed by atoms with Crippen LogP contribution in [0.25, 0.3) is 0 Å². The van der Waals surface area contributed by atoms with Crippen molar-refractivity contribution in [1.29, 1.82) is 0 Å². The van der Waals surface area contributed by atoms with E-state index in [0.717, 1.165) is 13.1 Å². The summed E-state index contributed by atoms with van der Waals surface area (Å²) in [6.07, 6.45) is 0. The Balaban J connectivity index is 2.11. The minimum atomic E-state index is -0.154. The largest absolute Gasteiger partial charge is 0.463 e. The van der Waals surface area contributed by atoms with Crippen LogP contribution in [0.1, 0.15) is 6.92 Å². The lowest BCUT2D eigenvalue weighted by Gasteiger charge is -2.25. The maximum absolute atomic E-state index is 11.4. The number of hydrogen-bond donors (Lipinski definition) is 1. The maximum atomic E-state index is 11.4. The van der Waals surface area contributed by atoms with Crippen molar-refractivity contribution in [3.05, 3.63) is 0 Å². The summed E-state index contributed by atoms with van der Waals surface area (Å²) in [5, 5.41) is 3.01. The van der Waals surface area contributed by atoms with Crippen LogP contribution in [-0.2, 0) is 14.3 Å². The zero-order chi connectivity index (χ0) is 11.1. The first-order valence-corrected chi connectivity index (χ1v) is 5.35. The minimum Gasteiger partial charge on any atom is -0.463 e. The Morgan fingerprint density at radius 2 is 2.20 bits per heavy atom. The standard InChI is InChI=1S/C10H20N2O3/c1-9(11-2)8-15-10(13)7-12-3-5-14-6-4-12/h9,11H,3-8H2,1-2H3/t9-/m1/s1. The quantitative estimate of drug-likeness (QED) is 0.626. The number of morpholine rings is 1. The van der Waals surface area contributed by atoms with Crippen molar-refractivity contribution in [3.8, 4) is 0 Å². The van der Waals surface area contributed by atoms with Gasteiger partial charge in [-0.2, -0.15) is 0 Å². The fourth-order valence-electron chi connectivity index (χ4n) is 1.29. The average Bonchev–Trinajstić information content (AvgIpc) is 2.27. The predicted molar refractivity (Wildman–Crippen MR) is 56.7 cm³/mol. The van der Waals surface area contributed by atoms with Crippen molar-refractivity contribution in [3.63, 3.8) is 0 Å². The van der Waals surface area contributed by atoms with Gasteiger partial charge in [0.2, 0.25) is 0 Å². The Bertz CT molecular complexity index is 193. The van der Waals surface area contributed by atoms with Crippen molar-refractivity contribution in [1.82, 2.24) is 10.2 Å². The Morgan fingerprint density at radius 1 is 1.53 bits per heavy atom. The maximum Gasteiger partial charge on any atom is 0.320 e. The lowest BCUT2D eigenvalue weighted by Crippen LogP contribution is -2.40. The number of rotatable bonds is 5. The molecule has 0 aromatic heterocycles. The molecule has 0 unspecified atom stereocenters. The van der Waals surface area contributed by atoms with Gasteiger partial charge in [0, 0.05) is 19.1 Å². The molecule has 5 nitrogen and oxygen atoms in total. The third-order valence-corrected chi connectivity index (χ3v) is 2.44. The molecule has 0 saturated carbocycles. The van der Waals surface area contributed by atoms with Crippen LogP contribution in [0.2, 0.25) is 0 Å². The van der Waals surface area contributed by atoms with Gasteiger partial charge in [-0.15, -0.1) is 0 Å². The summed E-state index contributed by atoms with van der Waals surface area (Å²) in [6, 6.07) is 0.207. The van der Waals surface area contributed by atoms with E-state index in [2.05, 4.69) is 10.2 Å². The van der Waals surface area contributed by atoms with Crippen molar-refractivity contribution < 1.29 is 14.3 Å². The summed E-state index contributed by atoms with van der Waals surface area (Å²) in [6.45, 7) is 5.83. The Morgan fingerprint density at radius 3 is 2.80 bits per heavy atom. The highest BCUT2D eigenvalue weighted by Gasteiger charge is 2.15. The zero-order valence-electron chi connectivity index (χ0n) is 9.49. The summed E-state index contributed by atoms with van der Waals surface area (Å²) >= 11 is 0. The molecule has 0 radical (unpaired) electrons. The topological polar surface area (TPSA) is 50.8 Å². The molecule has 0 amide bonds. The molecule has 1 aliphatic heterocycles. The van der Waals surface area contributed by atoms with Gasteiger partial charge in [-0.3, -0.25) is 9.69 Å². The van der Waals surface area contributed by atoms with Gasteiger partial charge in [0.1, 0.15) is 6.61 Å². The van der Waals surface area contributed by atoms with Gasteiger partial charge in [-0.1, -0.05) is 0 Å². The van der Waals surface area contributed by atoms with Crippen LogP contribution in [0.4, 0.5) is 0 Å². The van der Waals surface area contributed by atoms with Gasteiger partial charge in [0.05, 0.1) is 19.8 Å². The molecule has 0 bridgehead atoms.